The van der Waals surface area contributed by atoms with Gasteiger partial charge in [0, 0.05) is 29.9 Å². The number of carbonyl (C=O) groups excluding carboxylic acids is 1. The normalized spacial score (nSPS) is 15.7. The fraction of sp³-hybridized carbons (Fsp3) is 0.500. The summed E-state index contributed by atoms with van der Waals surface area (Å²) in [5, 5.41) is 11.0. The smallest absolute Gasteiger partial charge is 0.322 e. The molecule has 0 saturated carbocycles. The van der Waals surface area contributed by atoms with Gasteiger partial charge in [-0.2, -0.15) is 0 Å². The van der Waals surface area contributed by atoms with Gasteiger partial charge in [-0.3, -0.25) is 9.59 Å². The molecule has 1 aromatic carbocycles. The lowest BCUT2D eigenvalue weighted by Crippen LogP contribution is -2.29. The summed E-state index contributed by atoms with van der Waals surface area (Å²) in [5.74, 6) is 1.05. The zero-order chi connectivity index (χ0) is 24.3. The molecular weight excluding hydrogens is 426 g/mol. The molecule has 3 rings (SSSR count). The fourth-order valence-corrected chi connectivity index (χ4v) is 4.89. The van der Waals surface area contributed by atoms with Gasteiger partial charge in [0.15, 0.2) is 5.82 Å². The molecule has 34 heavy (non-hydrogen) atoms. The highest BCUT2D eigenvalue weighted by Crippen LogP contribution is 2.37. The lowest BCUT2D eigenvalue weighted by atomic mass is 9.76. The highest BCUT2D eigenvalue weighted by molar-refractivity contribution is 5.81. The molecule has 182 valence electrons. The zero-order valence-corrected chi connectivity index (χ0v) is 20.4. The van der Waals surface area contributed by atoms with Gasteiger partial charge in [-0.1, -0.05) is 69.9 Å². The second kappa shape index (κ2) is 13.0. The van der Waals surface area contributed by atoms with Crippen LogP contribution in [0.2, 0.25) is 0 Å². The maximum atomic E-state index is 11.7. The van der Waals surface area contributed by atoms with Crippen LogP contribution < -0.4 is 5.32 Å². The number of carbonyl (C=O) groups is 2. The Bertz CT molecular complexity index is 961. The number of hydrogen-bond acceptors (Lipinski definition) is 4. The number of rotatable bonds is 12. The SMILES string of the molecule is CCCC(CCC)C1CC=C(c2cnc(-c3ccc(CCC(=O)NCC(=O)O)cc3)nc2)CC1. The maximum absolute atomic E-state index is 11.7. The summed E-state index contributed by atoms with van der Waals surface area (Å²) in [7, 11) is 0. The number of hydrogen-bond donors (Lipinski definition) is 2. The highest BCUT2D eigenvalue weighted by atomic mass is 16.4. The Labute approximate surface area is 202 Å². The van der Waals surface area contributed by atoms with E-state index in [4.69, 9.17) is 5.11 Å². The van der Waals surface area contributed by atoms with Gasteiger partial charge in [0.2, 0.25) is 5.91 Å². The molecular formula is C28H37N3O3. The summed E-state index contributed by atoms with van der Waals surface area (Å²) in [6, 6.07) is 7.85. The molecule has 1 atom stereocenters. The molecule has 0 aliphatic heterocycles. The summed E-state index contributed by atoms with van der Waals surface area (Å²) in [6.07, 6.45) is 15.8. The topological polar surface area (TPSA) is 92.2 Å². The number of aliphatic carboxylic acids is 1. The van der Waals surface area contributed by atoms with Crippen molar-refractivity contribution in [1.29, 1.82) is 0 Å². The molecule has 0 bridgehead atoms. The highest BCUT2D eigenvalue weighted by Gasteiger charge is 2.23. The first-order chi connectivity index (χ1) is 16.5. The number of carboxylic acids is 1. The predicted molar refractivity (Wildman–Crippen MR) is 135 cm³/mol. The molecule has 0 radical (unpaired) electrons. The number of aryl methyl sites for hydroxylation is 1. The Hall–Kier alpha value is -3.02. The van der Waals surface area contributed by atoms with Crippen LogP contribution in [0.1, 0.15) is 76.3 Å². The Kier molecular flexibility index (Phi) is 9.80. The third kappa shape index (κ3) is 7.51. The molecule has 1 heterocycles. The van der Waals surface area contributed by atoms with E-state index in [9.17, 15) is 9.59 Å². The van der Waals surface area contributed by atoms with Gasteiger partial charge in [0.05, 0.1) is 0 Å². The van der Waals surface area contributed by atoms with Crippen LogP contribution in [0.5, 0.6) is 0 Å². The van der Waals surface area contributed by atoms with Crippen LogP contribution in [-0.4, -0.2) is 33.5 Å². The van der Waals surface area contributed by atoms with E-state index < -0.39 is 5.97 Å². The number of carboxylic acid groups (broad SMARTS) is 1. The zero-order valence-electron chi connectivity index (χ0n) is 20.4. The molecule has 1 aliphatic rings. The van der Waals surface area contributed by atoms with E-state index in [1.54, 1.807) is 0 Å². The first kappa shape index (κ1) is 25.6. The van der Waals surface area contributed by atoms with Crippen molar-refractivity contribution in [3.05, 3.63) is 53.9 Å². The van der Waals surface area contributed by atoms with Crippen LogP contribution in [0.3, 0.4) is 0 Å². The van der Waals surface area contributed by atoms with Gasteiger partial charge < -0.3 is 10.4 Å². The van der Waals surface area contributed by atoms with E-state index in [0.29, 0.717) is 12.2 Å². The first-order valence-corrected chi connectivity index (χ1v) is 12.6. The van der Waals surface area contributed by atoms with Crippen LogP contribution >= 0.6 is 0 Å². The Morgan fingerprint density at radius 3 is 2.29 bits per heavy atom. The molecule has 2 N–H and O–H groups in total. The van der Waals surface area contributed by atoms with Gasteiger partial charge >= 0.3 is 5.97 Å². The van der Waals surface area contributed by atoms with Gasteiger partial charge in [0.1, 0.15) is 6.54 Å². The molecule has 1 unspecified atom stereocenters. The van der Waals surface area contributed by atoms with Crippen LogP contribution in [0.4, 0.5) is 0 Å². The summed E-state index contributed by atoms with van der Waals surface area (Å²) < 4.78 is 0. The minimum atomic E-state index is -1.04. The van der Waals surface area contributed by atoms with Crippen molar-refractivity contribution in [3.63, 3.8) is 0 Å². The van der Waals surface area contributed by atoms with Crippen molar-refractivity contribution in [2.45, 2.75) is 71.6 Å². The standard InChI is InChI=1S/C28H37N3O3/c1-3-5-21(6-4-2)22-12-14-23(15-13-22)25-17-30-28(31-18-25)24-10-7-20(8-11-24)9-16-26(32)29-19-27(33)34/h7-8,10-11,14,17-18,21-22H,3-6,9,12-13,15-16,19H2,1-2H3,(H,29,32)(H,33,34). The molecule has 0 fully saturated rings. The largest absolute Gasteiger partial charge is 0.480 e. The predicted octanol–water partition coefficient (Wildman–Crippen LogP) is 5.68. The summed E-state index contributed by atoms with van der Waals surface area (Å²) in [4.78, 5) is 31.4. The second-order valence-corrected chi connectivity index (χ2v) is 9.26. The summed E-state index contributed by atoms with van der Waals surface area (Å²) >= 11 is 0. The molecule has 6 nitrogen and oxygen atoms in total. The number of allylic oxidation sites excluding steroid dienone is 2. The minimum absolute atomic E-state index is 0.255. The molecule has 2 aromatic rings. The van der Waals surface area contributed by atoms with E-state index in [-0.39, 0.29) is 18.9 Å². The first-order valence-electron chi connectivity index (χ1n) is 12.6. The lowest BCUT2D eigenvalue weighted by Gasteiger charge is -2.29. The molecule has 0 spiro atoms. The van der Waals surface area contributed by atoms with E-state index >= 15 is 0 Å². The molecule has 1 amide bonds. The van der Waals surface area contributed by atoms with E-state index in [2.05, 4.69) is 35.2 Å². The minimum Gasteiger partial charge on any atom is -0.480 e. The lowest BCUT2D eigenvalue weighted by molar-refractivity contribution is -0.137. The van der Waals surface area contributed by atoms with Gasteiger partial charge in [-0.15, -0.1) is 0 Å². The van der Waals surface area contributed by atoms with Crippen molar-refractivity contribution >= 4 is 17.4 Å². The van der Waals surface area contributed by atoms with Crippen LogP contribution in [0.25, 0.3) is 17.0 Å². The number of nitrogens with zero attached hydrogens (tertiary/aromatic N) is 2. The Morgan fingerprint density at radius 1 is 1.06 bits per heavy atom. The van der Waals surface area contributed by atoms with Crippen LogP contribution in [0.15, 0.2) is 42.7 Å². The van der Waals surface area contributed by atoms with Crippen LogP contribution in [0, 0.1) is 11.8 Å². The average molecular weight is 464 g/mol. The van der Waals surface area contributed by atoms with Gasteiger partial charge in [-0.25, -0.2) is 9.97 Å². The Morgan fingerprint density at radius 2 is 1.74 bits per heavy atom. The number of amides is 1. The van der Waals surface area contributed by atoms with Gasteiger partial charge in [-0.05, 0) is 48.7 Å². The second-order valence-electron chi connectivity index (χ2n) is 9.26. The van der Waals surface area contributed by atoms with Crippen molar-refractivity contribution in [2.24, 2.45) is 11.8 Å². The summed E-state index contributed by atoms with van der Waals surface area (Å²) in [5.41, 5.74) is 4.43. The molecule has 6 heteroatoms. The number of aromatic nitrogens is 2. The van der Waals surface area contributed by atoms with E-state index in [1.165, 1.54) is 37.7 Å². The fourth-order valence-electron chi connectivity index (χ4n) is 4.89. The van der Waals surface area contributed by atoms with E-state index in [0.717, 1.165) is 41.4 Å². The van der Waals surface area contributed by atoms with E-state index in [1.807, 2.05) is 36.7 Å². The third-order valence-electron chi connectivity index (χ3n) is 6.75. The molecule has 1 aromatic heterocycles. The number of nitrogens with one attached hydrogen (secondary N) is 1. The van der Waals surface area contributed by atoms with Crippen molar-refractivity contribution in [3.8, 4) is 11.4 Å². The maximum Gasteiger partial charge on any atom is 0.322 e. The third-order valence-corrected chi connectivity index (χ3v) is 6.75. The van der Waals surface area contributed by atoms with Gasteiger partial charge in [0.25, 0.3) is 0 Å². The summed E-state index contributed by atoms with van der Waals surface area (Å²) in [6.45, 7) is 4.24. The Balaban J connectivity index is 1.55. The number of benzene rings is 1. The average Bonchev–Trinajstić information content (AvgIpc) is 2.86. The van der Waals surface area contributed by atoms with Crippen LogP contribution in [-0.2, 0) is 16.0 Å². The van der Waals surface area contributed by atoms with Crippen molar-refractivity contribution in [1.82, 2.24) is 15.3 Å². The molecule has 0 saturated heterocycles. The monoisotopic (exact) mass is 463 g/mol. The van der Waals surface area contributed by atoms with Crippen molar-refractivity contribution < 1.29 is 14.7 Å². The quantitative estimate of drug-likeness (QED) is 0.423. The molecule has 1 aliphatic carbocycles. The van der Waals surface area contributed by atoms with Crippen molar-refractivity contribution in [2.75, 3.05) is 6.54 Å².